The number of hydrogen-bond acceptors (Lipinski definition) is 6. The number of ketones is 1. The van der Waals surface area contributed by atoms with Crippen molar-refractivity contribution in [2.24, 2.45) is 0 Å². The maximum absolute atomic E-state index is 14.2. The first-order valence-corrected chi connectivity index (χ1v) is 11.7. The van der Waals surface area contributed by atoms with Crippen molar-refractivity contribution in [1.29, 1.82) is 0 Å². The second-order valence-corrected chi connectivity index (χ2v) is 8.76. The van der Waals surface area contributed by atoms with Gasteiger partial charge in [0, 0.05) is 43.9 Å². The number of para-hydroxylation sites is 1. The van der Waals surface area contributed by atoms with Gasteiger partial charge < -0.3 is 19.6 Å². The van der Waals surface area contributed by atoms with E-state index in [4.69, 9.17) is 4.74 Å². The van der Waals surface area contributed by atoms with E-state index in [2.05, 4.69) is 11.5 Å². The monoisotopic (exact) mass is 473 g/mol. The summed E-state index contributed by atoms with van der Waals surface area (Å²) < 4.78 is 5.42. The van der Waals surface area contributed by atoms with Crippen LogP contribution in [0.1, 0.15) is 11.1 Å². The maximum Gasteiger partial charge on any atom is 0.296 e. The van der Waals surface area contributed by atoms with Gasteiger partial charge in [-0.05, 0) is 6.07 Å². The van der Waals surface area contributed by atoms with E-state index in [0.717, 1.165) is 0 Å². The van der Waals surface area contributed by atoms with Gasteiger partial charge in [-0.1, -0.05) is 54.6 Å². The Morgan fingerprint density at radius 1 is 1.00 bits per heavy atom. The summed E-state index contributed by atoms with van der Waals surface area (Å²) in [7, 11) is 0. The SMILES string of the molecule is C=CCN1C(=O)C2(/C(=C(\O)c3ccccc3)C(=O)C(=O)N2CCN2CCOCC2)c2ccccc21. The lowest BCUT2D eigenvalue weighted by atomic mass is 9.82. The number of morpholine rings is 1. The van der Waals surface area contributed by atoms with Gasteiger partial charge in [-0.25, -0.2) is 0 Å². The number of ether oxygens (including phenoxy) is 1. The first-order valence-electron chi connectivity index (χ1n) is 11.7. The maximum atomic E-state index is 14.2. The Hall–Kier alpha value is -3.75. The van der Waals surface area contributed by atoms with Crippen LogP contribution >= 0.6 is 0 Å². The van der Waals surface area contributed by atoms with Crippen molar-refractivity contribution < 1.29 is 24.2 Å². The Balaban J connectivity index is 1.71. The number of likely N-dealkylation sites (tertiary alicyclic amines) is 1. The normalized spacial score (nSPS) is 23.8. The van der Waals surface area contributed by atoms with Gasteiger partial charge in [0.15, 0.2) is 5.54 Å². The van der Waals surface area contributed by atoms with Crippen molar-refractivity contribution in [3.05, 3.63) is 84.0 Å². The van der Waals surface area contributed by atoms with Gasteiger partial charge >= 0.3 is 0 Å². The fourth-order valence-corrected chi connectivity index (χ4v) is 5.28. The number of carbonyl (C=O) groups is 3. The molecule has 2 aromatic carbocycles. The average molecular weight is 474 g/mol. The largest absolute Gasteiger partial charge is 0.507 e. The van der Waals surface area contributed by atoms with Crippen LogP contribution < -0.4 is 4.90 Å². The molecule has 3 aliphatic rings. The number of anilines is 1. The van der Waals surface area contributed by atoms with Crippen LogP contribution in [0.2, 0.25) is 0 Å². The predicted molar refractivity (Wildman–Crippen MR) is 131 cm³/mol. The minimum Gasteiger partial charge on any atom is -0.507 e. The van der Waals surface area contributed by atoms with Crippen LogP contribution in [0.15, 0.2) is 72.8 Å². The molecule has 5 rings (SSSR count). The Morgan fingerprint density at radius 2 is 1.69 bits per heavy atom. The van der Waals surface area contributed by atoms with Crippen molar-refractivity contribution in [2.75, 3.05) is 50.8 Å². The molecule has 3 aliphatic heterocycles. The number of fused-ring (bicyclic) bond motifs is 2. The highest BCUT2D eigenvalue weighted by Crippen LogP contribution is 2.53. The van der Waals surface area contributed by atoms with E-state index < -0.39 is 23.1 Å². The van der Waals surface area contributed by atoms with E-state index in [1.807, 2.05) is 0 Å². The van der Waals surface area contributed by atoms with Gasteiger partial charge in [0.1, 0.15) is 5.76 Å². The molecule has 8 nitrogen and oxygen atoms in total. The Morgan fingerprint density at radius 3 is 2.40 bits per heavy atom. The van der Waals surface area contributed by atoms with Crippen LogP contribution in [-0.2, 0) is 24.7 Å². The number of Topliss-reactive ketones (excluding diaryl/α,β-unsaturated/α-hetero) is 1. The molecule has 2 fully saturated rings. The van der Waals surface area contributed by atoms with E-state index >= 15 is 0 Å². The van der Waals surface area contributed by atoms with Crippen LogP contribution in [0.5, 0.6) is 0 Å². The summed E-state index contributed by atoms with van der Waals surface area (Å²) in [6.07, 6.45) is 1.60. The predicted octanol–water partition coefficient (Wildman–Crippen LogP) is 2.13. The number of nitrogens with zero attached hydrogens (tertiary/aromatic N) is 3. The molecule has 0 aliphatic carbocycles. The molecule has 1 spiro atoms. The molecule has 1 unspecified atom stereocenters. The molecule has 0 aromatic heterocycles. The third-order valence-corrected chi connectivity index (χ3v) is 6.91. The molecule has 2 saturated heterocycles. The Labute approximate surface area is 203 Å². The molecule has 0 radical (unpaired) electrons. The third kappa shape index (κ3) is 3.48. The van der Waals surface area contributed by atoms with Gasteiger partial charge in [-0.15, -0.1) is 6.58 Å². The zero-order valence-electron chi connectivity index (χ0n) is 19.4. The second-order valence-electron chi connectivity index (χ2n) is 8.76. The smallest absolute Gasteiger partial charge is 0.296 e. The van der Waals surface area contributed by atoms with Gasteiger partial charge in [-0.2, -0.15) is 0 Å². The zero-order chi connectivity index (χ0) is 24.6. The summed E-state index contributed by atoms with van der Waals surface area (Å²) in [6, 6.07) is 15.7. The highest BCUT2D eigenvalue weighted by Gasteiger charge is 2.66. The summed E-state index contributed by atoms with van der Waals surface area (Å²) in [6.45, 7) is 7.19. The van der Waals surface area contributed by atoms with Crippen molar-refractivity contribution >= 4 is 29.0 Å². The Bertz CT molecular complexity index is 1220. The lowest BCUT2D eigenvalue weighted by Gasteiger charge is -2.36. The summed E-state index contributed by atoms with van der Waals surface area (Å²) in [5.41, 5.74) is -0.481. The highest BCUT2D eigenvalue weighted by molar-refractivity contribution is 6.50. The fourth-order valence-electron chi connectivity index (χ4n) is 5.28. The molecule has 0 bridgehead atoms. The van der Waals surface area contributed by atoms with Crippen molar-refractivity contribution in [3.8, 4) is 0 Å². The van der Waals surface area contributed by atoms with E-state index in [1.165, 1.54) is 9.80 Å². The van der Waals surface area contributed by atoms with Crippen molar-refractivity contribution in [3.63, 3.8) is 0 Å². The van der Waals surface area contributed by atoms with Gasteiger partial charge in [0.05, 0.1) is 24.5 Å². The molecule has 8 heteroatoms. The average Bonchev–Trinajstić information content (AvgIpc) is 3.27. The van der Waals surface area contributed by atoms with Crippen LogP contribution in [0, 0.1) is 0 Å². The van der Waals surface area contributed by atoms with E-state index in [-0.39, 0.29) is 24.4 Å². The van der Waals surface area contributed by atoms with Crippen molar-refractivity contribution in [2.45, 2.75) is 5.54 Å². The van der Waals surface area contributed by atoms with Crippen LogP contribution in [-0.4, -0.2) is 78.4 Å². The number of hydrogen-bond donors (Lipinski definition) is 1. The first kappa shape index (κ1) is 23.0. The van der Waals surface area contributed by atoms with E-state index in [0.29, 0.717) is 49.7 Å². The lowest BCUT2D eigenvalue weighted by molar-refractivity contribution is -0.144. The molecular weight excluding hydrogens is 446 g/mol. The molecule has 2 amide bonds. The highest BCUT2D eigenvalue weighted by atomic mass is 16.5. The van der Waals surface area contributed by atoms with E-state index in [9.17, 15) is 19.5 Å². The van der Waals surface area contributed by atoms with Gasteiger partial charge in [0.2, 0.25) is 0 Å². The minimum absolute atomic E-state index is 0.151. The van der Waals surface area contributed by atoms with Gasteiger partial charge in [0.25, 0.3) is 17.6 Å². The van der Waals surface area contributed by atoms with Crippen LogP contribution in [0.3, 0.4) is 0 Å². The number of aliphatic hydroxyl groups excluding tert-OH is 1. The lowest BCUT2D eigenvalue weighted by Crippen LogP contribution is -2.54. The number of aliphatic hydroxyl groups is 1. The topological polar surface area (TPSA) is 90.4 Å². The van der Waals surface area contributed by atoms with E-state index in [1.54, 1.807) is 60.7 Å². The molecular formula is C27H27N3O5. The van der Waals surface area contributed by atoms with Crippen molar-refractivity contribution in [1.82, 2.24) is 9.80 Å². The molecule has 0 saturated carbocycles. The number of rotatable bonds is 6. The standard InChI is InChI=1S/C27H27N3O5/c1-2-12-29-21-11-7-6-10-20(21)27(26(29)34)22(23(31)19-8-4-3-5-9-19)24(32)25(33)30(27)14-13-28-15-17-35-18-16-28/h2-11,31H,1,12-18H2/b23-22-. The quantitative estimate of drug-likeness (QED) is 0.299. The fraction of sp³-hybridized carbons (Fsp3) is 0.296. The summed E-state index contributed by atoms with van der Waals surface area (Å²) in [5.74, 6) is -2.46. The molecule has 180 valence electrons. The molecule has 1 N–H and O–H groups in total. The first-order chi connectivity index (χ1) is 17.0. The number of carbonyl (C=O) groups excluding carboxylic acids is 3. The zero-order valence-corrected chi connectivity index (χ0v) is 19.4. The second kappa shape index (κ2) is 9.13. The molecule has 35 heavy (non-hydrogen) atoms. The van der Waals surface area contributed by atoms with Crippen LogP contribution in [0.4, 0.5) is 5.69 Å². The summed E-state index contributed by atoms with van der Waals surface area (Å²) in [5, 5.41) is 11.4. The minimum atomic E-state index is -1.75. The number of amides is 2. The molecule has 2 aromatic rings. The summed E-state index contributed by atoms with van der Waals surface area (Å²) >= 11 is 0. The molecule has 3 heterocycles. The van der Waals surface area contributed by atoms with Gasteiger partial charge in [-0.3, -0.25) is 19.3 Å². The van der Waals surface area contributed by atoms with Crippen LogP contribution in [0.25, 0.3) is 5.76 Å². The molecule has 1 atom stereocenters. The summed E-state index contributed by atoms with van der Waals surface area (Å²) in [4.78, 5) is 46.3. The Kier molecular flexibility index (Phi) is 6.00. The third-order valence-electron chi connectivity index (χ3n) is 6.91. The number of benzene rings is 2.